The van der Waals surface area contributed by atoms with Crippen LogP contribution >= 0.6 is 22.7 Å². The molecule has 1 atom stereocenters. The molecule has 3 heterocycles. The monoisotopic (exact) mass is 488 g/mol. The molecular weight excluding hydrogens is 468 g/mol. The van der Waals surface area contributed by atoms with Crippen molar-refractivity contribution >= 4 is 40.4 Å². The van der Waals surface area contributed by atoms with Gasteiger partial charge in [0, 0.05) is 10.4 Å². The second kappa shape index (κ2) is 9.24. The van der Waals surface area contributed by atoms with Crippen LogP contribution in [0.4, 0.5) is 0 Å². The van der Waals surface area contributed by atoms with Crippen LogP contribution in [-0.2, 0) is 9.53 Å². The molecule has 0 amide bonds. The molecule has 6 nitrogen and oxygen atoms in total. The first kappa shape index (κ1) is 22.1. The first-order chi connectivity index (χ1) is 16.6. The highest BCUT2D eigenvalue weighted by Crippen LogP contribution is 2.36. The van der Waals surface area contributed by atoms with Gasteiger partial charge in [-0.25, -0.2) is 9.79 Å². The van der Waals surface area contributed by atoms with Gasteiger partial charge in [0.25, 0.3) is 5.56 Å². The summed E-state index contributed by atoms with van der Waals surface area (Å²) < 4.78 is 7.47. The van der Waals surface area contributed by atoms with Gasteiger partial charge >= 0.3 is 5.97 Å². The molecule has 0 unspecified atom stereocenters. The second-order valence-electron chi connectivity index (χ2n) is 7.54. The number of benzene rings is 2. The summed E-state index contributed by atoms with van der Waals surface area (Å²) in [4.78, 5) is 33.0. The van der Waals surface area contributed by atoms with Gasteiger partial charge in [-0.1, -0.05) is 59.9 Å². The Morgan fingerprint density at radius 2 is 1.97 bits per heavy atom. The molecule has 8 heteroatoms. The number of fused-ring (bicyclic) bond motifs is 1. The van der Waals surface area contributed by atoms with Crippen LogP contribution in [-0.4, -0.2) is 22.2 Å². The molecule has 0 aliphatic carbocycles. The molecule has 0 saturated carbocycles. The van der Waals surface area contributed by atoms with E-state index in [0.717, 1.165) is 10.4 Å². The highest BCUT2D eigenvalue weighted by atomic mass is 32.1. The van der Waals surface area contributed by atoms with E-state index in [2.05, 4.69) is 0 Å². The summed E-state index contributed by atoms with van der Waals surface area (Å²) in [6.07, 6.45) is 1.73. The lowest BCUT2D eigenvalue weighted by molar-refractivity contribution is -0.138. The maximum atomic E-state index is 13.6. The number of carbonyl (C=O) groups is 1. The SMILES string of the molecule is CCOC(=O)C1=C(c2ccccc2)N=c2s/c(=C/c3cccc(O)c3)c(=O)n2[C@@H]1c1cccs1. The predicted octanol–water partition coefficient (Wildman–Crippen LogP) is 3.70. The number of thiophene rings is 1. The molecular formula is C26H20N2O4S2. The van der Waals surface area contributed by atoms with Gasteiger partial charge in [-0.2, -0.15) is 0 Å². The molecule has 1 N–H and O–H groups in total. The van der Waals surface area contributed by atoms with Crippen molar-refractivity contribution in [2.75, 3.05) is 6.61 Å². The van der Waals surface area contributed by atoms with E-state index in [4.69, 9.17) is 9.73 Å². The van der Waals surface area contributed by atoms with Crippen molar-refractivity contribution in [1.82, 2.24) is 4.57 Å². The summed E-state index contributed by atoms with van der Waals surface area (Å²) in [5.41, 5.74) is 2.07. The van der Waals surface area contributed by atoms with Gasteiger partial charge in [-0.3, -0.25) is 9.36 Å². The Labute approximate surface area is 203 Å². The number of carbonyl (C=O) groups excluding carboxylic acids is 1. The van der Waals surface area contributed by atoms with Gasteiger partial charge in [0.05, 0.1) is 22.4 Å². The fraction of sp³-hybridized carbons (Fsp3) is 0.115. The van der Waals surface area contributed by atoms with Crippen LogP contribution in [0, 0.1) is 0 Å². The number of esters is 1. The van der Waals surface area contributed by atoms with Crippen LogP contribution < -0.4 is 14.9 Å². The summed E-state index contributed by atoms with van der Waals surface area (Å²) in [5.74, 6) is -0.375. The molecule has 0 spiro atoms. The van der Waals surface area contributed by atoms with Crippen molar-refractivity contribution in [3.05, 3.63) is 113 Å². The fourth-order valence-electron chi connectivity index (χ4n) is 3.92. The average molecular weight is 489 g/mol. The first-order valence-electron chi connectivity index (χ1n) is 10.7. The van der Waals surface area contributed by atoms with Crippen LogP contribution in [0.25, 0.3) is 11.8 Å². The van der Waals surface area contributed by atoms with Gasteiger partial charge < -0.3 is 9.84 Å². The maximum absolute atomic E-state index is 13.6. The Morgan fingerprint density at radius 3 is 2.68 bits per heavy atom. The van der Waals surface area contributed by atoms with E-state index < -0.39 is 12.0 Å². The van der Waals surface area contributed by atoms with Crippen molar-refractivity contribution in [3.63, 3.8) is 0 Å². The Hall–Kier alpha value is -3.75. The van der Waals surface area contributed by atoms with Crippen molar-refractivity contribution in [3.8, 4) is 5.75 Å². The average Bonchev–Trinajstić information content (AvgIpc) is 3.47. The Bertz CT molecular complexity index is 1560. The number of ether oxygens (including phenoxy) is 1. The number of rotatable bonds is 5. The summed E-state index contributed by atoms with van der Waals surface area (Å²) in [5, 5.41) is 11.7. The normalized spacial score (nSPS) is 15.7. The smallest absolute Gasteiger partial charge is 0.338 e. The quantitative estimate of drug-likeness (QED) is 0.435. The number of phenols is 1. The summed E-state index contributed by atoms with van der Waals surface area (Å²) in [7, 11) is 0. The first-order valence-corrected chi connectivity index (χ1v) is 12.4. The van der Waals surface area contributed by atoms with Crippen LogP contribution in [0.3, 0.4) is 0 Å². The zero-order valence-corrected chi connectivity index (χ0v) is 19.8. The van der Waals surface area contributed by atoms with Gasteiger partial charge in [-0.05, 0) is 42.1 Å². The number of hydrogen-bond acceptors (Lipinski definition) is 7. The number of nitrogens with zero attached hydrogens (tertiary/aromatic N) is 2. The molecule has 170 valence electrons. The summed E-state index contributed by atoms with van der Waals surface area (Å²) in [6.45, 7) is 1.97. The van der Waals surface area contributed by atoms with Crippen molar-refractivity contribution in [2.45, 2.75) is 13.0 Å². The third-order valence-corrected chi connectivity index (χ3v) is 7.26. The van der Waals surface area contributed by atoms with Gasteiger partial charge in [-0.15, -0.1) is 11.3 Å². The predicted molar refractivity (Wildman–Crippen MR) is 133 cm³/mol. The van der Waals surface area contributed by atoms with Crippen LogP contribution in [0.1, 0.15) is 29.0 Å². The minimum absolute atomic E-state index is 0.119. The van der Waals surface area contributed by atoms with Crippen molar-refractivity contribution < 1.29 is 14.6 Å². The van der Waals surface area contributed by atoms with E-state index in [0.29, 0.717) is 26.2 Å². The number of phenolic OH excluding ortho intramolecular Hbond substituents is 1. The Kier molecular flexibility index (Phi) is 6.00. The zero-order valence-electron chi connectivity index (χ0n) is 18.2. The lowest BCUT2D eigenvalue weighted by Gasteiger charge is -2.24. The van der Waals surface area contributed by atoms with E-state index in [-0.39, 0.29) is 17.9 Å². The summed E-state index contributed by atoms with van der Waals surface area (Å²) >= 11 is 2.73. The molecule has 0 fully saturated rings. The van der Waals surface area contributed by atoms with Gasteiger partial charge in [0.2, 0.25) is 0 Å². The van der Waals surface area contributed by atoms with E-state index in [1.807, 2.05) is 53.9 Å². The van der Waals surface area contributed by atoms with Crippen LogP contribution in [0.15, 0.2) is 87.5 Å². The zero-order chi connectivity index (χ0) is 23.7. The third-order valence-electron chi connectivity index (χ3n) is 5.35. The summed E-state index contributed by atoms with van der Waals surface area (Å²) in [6, 6.07) is 19.3. The number of aromatic nitrogens is 1. The molecule has 2 aromatic heterocycles. The maximum Gasteiger partial charge on any atom is 0.338 e. The molecule has 5 rings (SSSR count). The van der Waals surface area contributed by atoms with E-state index in [1.165, 1.54) is 22.7 Å². The molecule has 2 aromatic carbocycles. The minimum Gasteiger partial charge on any atom is -0.508 e. The molecule has 1 aliphatic heterocycles. The largest absolute Gasteiger partial charge is 0.508 e. The Balaban J connectivity index is 1.82. The lowest BCUT2D eigenvalue weighted by atomic mass is 9.97. The highest BCUT2D eigenvalue weighted by Gasteiger charge is 2.35. The molecule has 34 heavy (non-hydrogen) atoms. The minimum atomic E-state index is -0.656. The molecule has 0 radical (unpaired) electrons. The topological polar surface area (TPSA) is 80.9 Å². The lowest BCUT2D eigenvalue weighted by Crippen LogP contribution is -2.39. The molecule has 1 aliphatic rings. The number of aromatic hydroxyl groups is 1. The molecule has 0 saturated heterocycles. The van der Waals surface area contributed by atoms with Gasteiger partial charge in [0.1, 0.15) is 11.8 Å². The van der Waals surface area contributed by atoms with Crippen molar-refractivity contribution in [1.29, 1.82) is 0 Å². The van der Waals surface area contributed by atoms with E-state index >= 15 is 0 Å². The standard InChI is InChI=1S/C26H20N2O4S2/c1-2-32-25(31)21-22(17-9-4-3-5-10-17)27-26-28(23(21)19-12-7-13-33-19)24(30)20(34-26)15-16-8-6-11-18(29)14-16/h3-15,23,29H,2H2,1H3/b20-15+/t23-/m1/s1. The third kappa shape index (κ3) is 4.02. The van der Waals surface area contributed by atoms with E-state index in [1.54, 1.807) is 35.8 Å². The van der Waals surface area contributed by atoms with Crippen LogP contribution in [0.5, 0.6) is 5.75 Å². The molecule has 0 bridgehead atoms. The Morgan fingerprint density at radius 1 is 1.15 bits per heavy atom. The second-order valence-corrected chi connectivity index (χ2v) is 9.53. The van der Waals surface area contributed by atoms with Crippen LogP contribution in [0.2, 0.25) is 0 Å². The molecule has 4 aromatic rings. The van der Waals surface area contributed by atoms with Gasteiger partial charge in [0.15, 0.2) is 4.80 Å². The highest BCUT2D eigenvalue weighted by molar-refractivity contribution is 7.10. The fourth-order valence-corrected chi connectivity index (χ4v) is 5.75. The van der Waals surface area contributed by atoms with Crippen molar-refractivity contribution in [2.24, 2.45) is 4.99 Å². The number of thiazole rings is 1. The van der Waals surface area contributed by atoms with E-state index in [9.17, 15) is 14.7 Å². The number of hydrogen-bond donors (Lipinski definition) is 1.